The van der Waals surface area contributed by atoms with Gasteiger partial charge in [0.15, 0.2) is 11.5 Å². The molecule has 0 aliphatic rings. The fourth-order valence-electron chi connectivity index (χ4n) is 1.74. The Morgan fingerprint density at radius 3 is 1.91 bits per heavy atom. The molecule has 0 bridgehead atoms. The summed E-state index contributed by atoms with van der Waals surface area (Å²) in [6.45, 7) is 5.64. The maximum absolute atomic E-state index is 12.2. The van der Waals surface area contributed by atoms with E-state index in [2.05, 4.69) is 10.6 Å². The molecule has 1 aromatic rings. The van der Waals surface area contributed by atoms with Crippen LogP contribution in [0.4, 0.5) is 11.4 Å². The van der Waals surface area contributed by atoms with Crippen molar-refractivity contribution in [2.75, 3.05) is 31.4 Å². The lowest BCUT2D eigenvalue weighted by molar-refractivity contribution is -0.123. The minimum absolute atomic E-state index is 0.181. The van der Waals surface area contributed by atoms with Crippen molar-refractivity contribution in [3.05, 3.63) is 12.1 Å². The molecule has 0 unspecified atom stereocenters. The van der Waals surface area contributed by atoms with Crippen LogP contribution in [0.1, 0.15) is 27.2 Å². The SMILES string of the molecule is COc1cc(NC(=O)CCN)c(NC(=O)C(C)(C)C)cc1OC. The van der Waals surface area contributed by atoms with Crippen molar-refractivity contribution in [1.82, 2.24) is 0 Å². The van der Waals surface area contributed by atoms with E-state index in [9.17, 15) is 9.59 Å². The van der Waals surface area contributed by atoms with E-state index in [0.29, 0.717) is 22.9 Å². The topological polar surface area (TPSA) is 103 Å². The third-order valence-electron chi connectivity index (χ3n) is 3.10. The molecule has 1 rings (SSSR count). The molecule has 0 saturated heterocycles. The summed E-state index contributed by atoms with van der Waals surface area (Å²) in [4.78, 5) is 24.1. The van der Waals surface area contributed by atoms with Crippen molar-refractivity contribution in [3.8, 4) is 11.5 Å². The summed E-state index contributed by atoms with van der Waals surface area (Å²) in [5.74, 6) is 0.475. The summed E-state index contributed by atoms with van der Waals surface area (Å²) in [5.41, 5.74) is 5.67. The number of hydrogen-bond donors (Lipinski definition) is 3. The van der Waals surface area contributed by atoms with Gasteiger partial charge >= 0.3 is 0 Å². The summed E-state index contributed by atoms with van der Waals surface area (Å²) >= 11 is 0. The van der Waals surface area contributed by atoms with Gasteiger partial charge in [-0.25, -0.2) is 0 Å². The van der Waals surface area contributed by atoms with Crippen LogP contribution in [-0.2, 0) is 9.59 Å². The largest absolute Gasteiger partial charge is 0.493 e. The molecule has 0 atom stereocenters. The summed E-state index contributed by atoms with van der Waals surface area (Å²) in [7, 11) is 3.00. The minimum Gasteiger partial charge on any atom is -0.493 e. The highest BCUT2D eigenvalue weighted by atomic mass is 16.5. The third kappa shape index (κ3) is 5.14. The number of nitrogens with two attached hydrogens (primary N) is 1. The van der Waals surface area contributed by atoms with Crippen molar-refractivity contribution in [1.29, 1.82) is 0 Å². The summed E-state index contributed by atoms with van der Waals surface area (Å²) < 4.78 is 10.5. The van der Waals surface area contributed by atoms with E-state index in [1.807, 2.05) is 0 Å². The quantitative estimate of drug-likeness (QED) is 0.743. The molecular formula is C16H25N3O4. The molecule has 0 saturated carbocycles. The van der Waals surface area contributed by atoms with Gasteiger partial charge in [-0.05, 0) is 0 Å². The fraction of sp³-hybridized carbons (Fsp3) is 0.500. The van der Waals surface area contributed by atoms with Gasteiger partial charge in [0.25, 0.3) is 0 Å². The van der Waals surface area contributed by atoms with Crippen molar-refractivity contribution in [2.45, 2.75) is 27.2 Å². The van der Waals surface area contributed by atoms with E-state index in [0.717, 1.165) is 0 Å². The Labute approximate surface area is 136 Å². The highest BCUT2D eigenvalue weighted by molar-refractivity contribution is 6.01. The average molecular weight is 323 g/mol. The van der Waals surface area contributed by atoms with E-state index in [1.165, 1.54) is 14.2 Å². The summed E-state index contributed by atoms with van der Waals surface area (Å²) in [6, 6.07) is 3.21. The molecular weight excluding hydrogens is 298 g/mol. The van der Waals surface area contributed by atoms with Gasteiger partial charge in [-0.2, -0.15) is 0 Å². The molecule has 0 fully saturated rings. The first kappa shape index (κ1) is 18.8. The Morgan fingerprint density at radius 2 is 1.52 bits per heavy atom. The van der Waals surface area contributed by atoms with Crippen LogP contribution in [0.15, 0.2) is 12.1 Å². The molecule has 7 nitrogen and oxygen atoms in total. The van der Waals surface area contributed by atoms with Gasteiger partial charge in [0.1, 0.15) is 0 Å². The molecule has 7 heteroatoms. The zero-order chi connectivity index (χ0) is 17.6. The number of rotatable bonds is 6. The van der Waals surface area contributed by atoms with Gasteiger partial charge in [-0.15, -0.1) is 0 Å². The van der Waals surface area contributed by atoms with Crippen LogP contribution in [0.2, 0.25) is 0 Å². The van der Waals surface area contributed by atoms with Crippen LogP contribution in [0.3, 0.4) is 0 Å². The van der Waals surface area contributed by atoms with Crippen LogP contribution in [0, 0.1) is 5.41 Å². The summed E-state index contributed by atoms with van der Waals surface area (Å²) in [5, 5.41) is 5.53. The molecule has 0 heterocycles. The van der Waals surface area contributed by atoms with E-state index in [-0.39, 0.29) is 24.8 Å². The molecule has 2 amide bonds. The zero-order valence-electron chi connectivity index (χ0n) is 14.3. The molecule has 0 aliphatic heterocycles. The summed E-state index contributed by atoms with van der Waals surface area (Å²) in [6.07, 6.45) is 0.182. The maximum Gasteiger partial charge on any atom is 0.229 e. The normalized spacial score (nSPS) is 10.9. The van der Waals surface area contributed by atoms with E-state index < -0.39 is 5.41 Å². The molecule has 0 spiro atoms. The second-order valence-electron chi connectivity index (χ2n) is 6.04. The predicted molar refractivity (Wildman–Crippen MR) is 89.9 cm³/mol. The number of amides is 2. The molecule has 0 radical (unpaired) electrons. The second kappa shape index (κ2) is 7.82. The number of ether oxygens (including phenoxy) is 2. The molecule has 128 valence electrons. The van der Waals surface area contributed by atoms with E-state index in [1.54, 1.807) is 32.9 Å². The van der Waals surface area contributed by atoms with Gasteiger partial charge in [-0.3, -0.25) is 9.59 Å². The van der Waals surface area contributed by atoms with Crippen LogP contribution >= 0.6 is 0 Å². The lowest BCUT2D eigenvalue weighted by Crippen LogP contribution is -2.28. The molecule has 4 N–H and O–H groups in total. The maximum atomic E-state index is 12.2. The Morgan fingerprint density at radius 1 is 1.04 bits per heavy atom. The first-order chi connectivity index (χ1) is 10.7. The lowest BCUT2D eigenvalue weighted by Gasteiger charge is -2.21. The first-order valence-corrected chi connectivity index (χ1v) is 7.30. The monoisotopic (exact) mass is 323 g/mol. The van der Waals surface area contributed by atoms with Gasteiger partial charge in [0.05, 0.1) is 25.6 Å². The number of benzene rings is 1. The second-order valence-corrected chi connectivity index (χ2v) is 6.04. The minimum atomic E-state index is -0.578. The standard InChI is InChI=1S/C16H25N3O4/c1-16(2,3)15(21)19-11-9-13(23-5)12(22-4)8-10(11)18-14(20)6-7-17/h8-9H,6-7,17H2,1-5H3,(H,18,20)(H,19,21). The number of carbonyl (C=O) groups is 2. The highest BCUT2D eigenvalue weighted by Gasteiger charge is 2.23. The van der Waals surface area contributed by atoms with Gasteiger partial charge in [0, 0.05) is 30.5 Å². The lowest BCUT2D eigenvalue weighted by atomic mass is 9.95. The Balaban J connectivity index is 3.22. The predicted octanol–water partition coefficient (Wildman–Crippen LogP) is 1.98. The Bertz CT molecular complexity index is 579. The van der Waals surface area contributed by atoms with Crippen molar-refractivity contribution in [2.24, 2.45) is 11.1 Å². The first-order valence-electron chi connectivity index (χ1n) is 7.30. The van der Waals surface area contributed by atoms with Crippen LogP contribution in [-0.4, -0.2) is 32.6 Å². The van der Waals surface area contributed by atoms with Crippen molar-refractivity contribution < 1.29 is 19.1 Å². The number of nitrogens with one attached hydrogen (secondary N) is 2. The molecule has 0 aromatic heterocycles. The third-order valence-corrected chi connectivity index (χ3v) is 3.10. The molecule has 0 aliphatic carbocycles. The van der Waals surface area contributed by atoms with Gasteiger partial charge in [-0.1, -0.05) is 20.8 Å². The smallest absolute Gasteiger partial charge is 0.229 e. The zero-order valence-corrected chi connectivity index (χ0v) is 14.3. The molecule has 1 aromatic carbocycles. The fourth-order valence-corrected chi connectivity index (χ4v) is 1.74. The number of carbonyl (C=O) groups excluding carboxylic acids is 2. The van der Waals surface area contributed by atoms with Crippen molar-refractivity contribution in [3.63, 3.8) is 0 Å². The van der Waals surface area contributed by atoms with E-state index in [4.69, 9.17) is 15.2 Å². The highest BCUT2D eigenvalue weighted by Crippen LogP contribution is 2.37. The average Bonchev–Trinajstić information content (AvgIpc) is 2.47. The van der Waals surface area contributed by atoms with Crippen LogP contribution in [0.5, 0.6) is 11.5 Å². The Hall–Kier alpha value is -2.28. The number of hydrogen-bond acceptors (Lipinski definition) is 5. The van der Waals surface area contributed by atoms with Gasteiger partial charge in [0.2, 0.25) is 11.8 Å². The molecule has 23 heavy (non-hydrogen) atoms. The number of methoxy groups -OCH3 is 2. The van der Waals surface area contributed by atoms with Crippen LogP contribution in [0.25, 0.3) is 0 Å². The van der Waals surface area contributed by atoms with Crippen LogP contribution < -0.4 is 25.8 Å². The van der Waals surface area contributed by atoms with Gasteiger partial charge < -0.3 is 25.8 Å². The van der Waals surface area contributed by atoms with Crippen molar-refractivity contribution >= 4 is 23.2 Å². The van der Waals surface area contributed by atoms with E-state index >= 15 is 0 Å². The number of anilines is 2. The Kier molecular flexibility index (Phi) is 6.38.